The van der Waals surface area contributed by atoms with Crippen LogP contribution >= 0.6 is 11.6 Å². The fourth-order valence-electron chi connectivity index (χ4n) is 1.89. The van der Waals surface area contributed by atoms with Crippen LogP contribution in [0.15, 0.2) is 24.4 Å². The normalized spacial score (nSPS) is 11.9. The van der Waals surface area contributed by atoms with Gasteiger partial charge in [-0.2, -0.15) is 5.10 Å². The van der Waals surface area contributed by atoms with Crippen molar-refractivity contribution in [3.05, 3.63) is 46.5 Å². The molecule has 1 aromatic carbocycles. The first kappa shape index (κ1) is 15.0. The SMILES string of the molecule is Cc1c(CNC(C)(C)C)cnn1-c1c(F)cccc1Cl. The zero-order chi connectivity index (χ0) is 14.9. The summed E-state index contributed by atoms with van der Waals surface area (Å²) in [6.07, 6.45) is 1.75. The molecule has 2 rings (SSSR count). The highest BCUT2D eigenvalue weighted by Crippen LogP contribution is 2.25. The summed E-state index contributed by atoms with van der Waals surface area (Å²) >= 11 is 6.08. The topological polar surface area (TPSA) is 29.9 Å². The molecule has 0 spiro atoms. The number of para-hydroxylation sites is 1. The Morgan fingerprint density at radius 3 is 2.65 bits per heavy atom. The van der Waals surface area contributed by atoms with Crippen LogP contribution in [0.3, 0.4) is 0 Å². The van der Waals surface area contributed by atoms with Gasteiger partial charge in [-0.05, 0) is 39.8 Å². The molecule has 0 fully saturated rings. The summed E-state index contributed by atoms with van der Waals surface area (Å²) in [5.41, 5.74) is 2.23. The Kier molecular flexibility index (Phi) is 4.16. The van der Waals surface area contributed by atoms with Crippen LogP contribution in [0, 0.1) is 12.7 Å². The molecule has 0 amide bonds. The van der Waals surface area contributed by atoms with Crippen molar-refractivity contribution in [2.45, 2.75) is 39.8 Å². The van der Waals surface area contributed by atoms with Gasteiger partial charge in [-0.1, -0.05) is 17.7 Å². The van der Waals surface area contributed by atoms with Gasteiger partial charge >= 0.3 is 0 Å². The predicted molar refractivity (Wildman–Crippen MR) is 79.9 cm³/mol. The molecule has 0 aliphatic rings. The van der Waals surface area contributed by atoms with Crippen molar-refractivity contribution in [1.29, 1.82) is 0 Å². The highest BCUT2D eigenvalue weighted by atomic mass is 35.5. The van der Waals surface area contributed by atoms with E-state index in [1.165, 1.54) is 6.07 Å². The highest BCUT2D eigenvalue weighted by Gasteiger charge is 2.16. The molecule has 20 heavy (non-hydrogen) atoms. The van der Waals surface area contributed by atoms with Crippen LogP contribution in [-0.2, 0) is 6.54 Å². The van der Waals surface area contributed by atoms with Crippen molar-refractivity contribution in [2.75, 3.05) is 0 Å². The maximum atomic E-state index is 13.9. The Bertz CT molecular complexity index is 594. The lowest BCUT2D eigenvalue weighted by molar-refractivity contribution is 0.423. The van der Waals surface area contributed by atoms with E-state index in [2.05, 4.69) is 31.2 Å². The molecule has 5 heteroatoms. The number of hydrogen-bond donors (Lipinski definition) is 1. The third-order valence-corrected chi connectivity index (χ3v) is 3.37. The first-order valence-electron chi connectivity index (χ1n) is 6.52. The third kappa shape index (κ3) is 3.19. The Balaban J connectivity index is 2.34. The number of benzene rings is 1. The summed E-state index contributed by atoms with van der Waals surface area (Å²) in [6, 6.07) is 4.63. The average molecular weight is 296 g/mol. The number of halogens is 2. The maximum Gasteiger partial charge on any atom is 0.150 e. The zero-order valence-corrected chi connectivity index (χ0v) is 12.9. The van der Waals surface area contributed by atoms with Gasteiger partial charge in [-0.3, -0.25) is 0 Å². The lowest BCUT2D eigenvalue weighted by atomic mass is 10.1. The quantitative estimate of drug-likeness (QED) is 0.932. The lowest BCUT2D eigenvalue weighted by Crippen LogP contribution is -2.35. The van der Waals surface area contributed by atoms with Gasteiger partial charge in [0.1, 0.15) is 11.5 Å². The molecule has 0 saturated heterocycles. The average Bonchev–Trinajstić information content (AvgIpc) is 2.68. The van der Waals surface area contributed by atoms with Gasteiger partial charge in [0.15, 0.2) is 0 Å². The van der Waals surface area contributed by atoms with Crippen molar-refractivity contribution in [3.63, 3.8) is 0 Å². The minimum atomic E-state index is -0.376. The van der Waals surface area contributed by atoms with Gasteiger partial charge in [0.2, 0.25) is 0 Å². The first-order valence-corrected chi connectivity index (χ1v) is 6.90. The number of aromatic nitrogens is 2. The van der Waals surface area contributed by atoms with Crippen LogP contribution in [-0.4, -0.2) is 15.3 Å². The number of rotatable bonds is 3. The van der Waals surface area contributed by atoms with E-state index in [-0.39, 0.29) is 11.4 Å². The van der Waals surface area contributed by atoms with Gasteiger partial charge in [0.25, 0.3) is 0 Å². The van der Waals surface area contributed by atoms with Gasteiger partial charge in [-0.25, -0.2) is 9.07 Å². The maximum absolute atomic E-state index is 13.9. The molecule has 0 bridgehead atoms. The summed E-state index contributed by atoms with van der Waals surface area (Å²) in [7, 11) is 0. The number of hydrogen-bond acceptors (Lipinski definition) is 2. The van der Waals surface area contributed by atoms with Gasteiger partial charge in [-0.15, -0.1) is 0 Å². The van der Waals surface area contributed by atoms with E-state index in [0.717, 1.165) is 11.3 Å². The summed E-state index contributed by atoms with van der Waals surface area (Å²) < 4.78 is 15.5. The van der Waals surface area contributed by atoms with Crippen molar-refractivity contribution in [2.24, 2.45) is 0 Å². The monoisotopic (exact) mass is 295 g/mol. The molecule has 0 aliphatic heterocycles. The van der Waals surface area contributed by atoms with Crippen LogP contribution in [0.5, 0.6) is 0 Å². The molecular formula is C15H19ClFN3. The van der Waals surface area contributed by atoms with E-state index in [9.17, 15) is 4.39 Å². The van der Waals surface area contributed by atoms with Crippen LogP contribution in [0.2, 0.25) is 5.02 Å². The van der Waals surface area contributed by atoms with Crippen molar-refractivity contribution >= 4 is 11.6 Å². The first-order chi connectivity index (χ1) is 9.29. The minimum Gasteiger partial charge on any atom is -0.308 e. The van der Waals surface area contributed by atoms with Crippen molar-refractivity contribution in [1.82, 2.24) is 15.1 Å². The second kappa shape index (κ2) is 5.54. The van der Waals surface area contributed by atoms with E-state index < -0.39 is 0 Å². The van der Waals surface area contributed by atoms with E-state index in [4.69, 9.17) is 11.6 Å². The molecule has 0 aliphatic carbocycles. The summed E-state index contributed by atoms with van der Waals surface area (Å²) in [5, 5.41) is 8.01. The molecule has 0 radical (unpaired) electrons. The molecule has 3 nitrogen and oxygen atoms in total. The molecule has 1 heterocycles. The molecule has 0 atom stereocenters. The Labute approximate surface area is 123 Å². The smallest absolute Gasteiger partial charge is 0.150 e. The summed E-state index contributed by atoms with van der Waals surface area (Å²) in [6.45, 7) is 8.89. The molecule has 108 valence electrons. The predicted octanol–water partition coefficient (Wildman–Crippen LogP) is 3.86. The molecule has 1 aromatic heterocycles. The number of nitrogens with zero attached hydrogens (tertiary/aromatic N) is 2. The van der Waals surface area contributed by atoms with E-state index in [1.807, 2.05) is 6.92 Å². The van der Waals surface area contributed by atoms with Gasteiger partial charge < -0.3 is 5.32 Å². The second-order valence-electron chi connectivity index (χ2n) is 5.84. The van der Waals surface area contributed by atoms with Gasteiger partial charge in [0.05, 0.1) is 11.2 Å². The fraction of sp³-hybridized carbons (Fsp3) is 0.400. The van der Waals surface area contributed by atoms with Crippen LogP contribution in [0.1, 0.15) is 32.0 Å². The third-order valence-electron chi connectivity index (χ3n) is 3.07. The van der Waals surface area contributed by atoms with Crippen molar-refractivity contribution < 1.29 is 4.39 Å². The van der Waals surface area contributed by atoms with Crippen LogP contribution in [0.25, 0.3) is 5.69 Å². The molecule has 0 unspecified atom stereocenters. The van der Waals surface area contributed by atoms with Crippen LogP contribution < -0.4 is 5.32 Å². The Morgan fingerprint density at radius 2 is 2.05 bits per heavy atom. The lowest BCUT2D eigenvalue weighted by Gasteiger charge is -2.20. The zero-order valence-electron chi connectivity index (χ0n) is 12.2. The van der Waals surface area contributed by atoms with Crippen LogP contribution in [0.4, 0.5) is 4.39 Å². The standard InChI is InChI=1S/C15H19ClFN3/c1-10-11(8-18-15(2,3)4)9-19-20(10)14-12(16)6-5-7-13(14)17/h5-7,9,18H,8H2,1-4H3. The minimum absolute atomic E-state index is 0.0180. The summed E-state index contributed by atoms with van der Waals surface area (Å²) in [4.78, 5) is 0. The summed E-state index contributed by atoms with van der Waals surface area (Å²) in [5.74, 6) is -0.376. The van der Waals surface area contributed by atoms with E-state index in [1.54, 1.807) is 23.0 Å². The fourth-order valence-corrected chi connectivity index (χ4v) is 2.14. The van der Waals surface area contributed by atoms with Crippen molar-refractivity contribution in [3.8, 4) is 5.69 Å². The largest absolute Gasteiger partial charge is 0.308 e. The molecular weight excluding hydrogens is 277 g/mol. The molecule has 0 saturated carbocycles. The highest BCUT2D eigenvalue weighted by molar-refractivity contribution is 6.32. The molecule has 2 aromatic rings. The Hall–Kier alpha value is -1.39. The molecule has 1 N–H and O–H groups in total. The Morgan fingerprint density at radius 1 is 1.35 bits per heavy atom. The van der Waals surface area contributed by atoms with E-state index in [0.29, 0.717) is 17.3 Å². The second-order valence-corrected chi connectivity index (χ2v) is 6.25. The number of nitrogens with one attached hydrogen (secondary N) is 1. The van der Waals surface area contributed by atoms with E-state index >= 15 is 0 Å². The van der Waals surface area contributed by atoms with Gasteiger partial charge in [0, 0.05) is 23.3 Å².